The quantitative estimate of drug-likeness (QED) is 0.211. The summed E-state index contributed by atoms with van der Waals surface area (Å²) in [5.74, 6) is 1.93. The molecule has 234 valence electrons. The van der Waals surface area contributed by atoms with Crippen molar-refractivity contribution < 1.29 is 14.3 Å². The highest BCUT2D eigenvalue weighted by atomic mass is 16.5. The Kier molecular flexibility index (Phi) is 8.52. The molecule has 0 spiro atoms. The van der Waals surface area contributed by atoms with Crippen molar-refractivity contribution in [1.29, 1.82) is 0 Å². The summed E-state index contributed by atoms with van der Waals surface area (Å²) < 4.78 is 7.36. The molecule has 3 aromatic carbocycles. The molecule has 45 heavy (non-hydrogen) atoms. The molecule has 4 amide bonds. The number of amides is 4. The number of carbonyl (C=O) groups excluding carboxylic acids is 2. The highest BCUT2D eigenvalue weighted by molar-refractivity contribution is 6.00. The van der Waals surface area contributed by atoms with E-state index < -0.39 is 0 Å². The van der Waals surface area contributed by atoms with E-state index in [0.717, 1.165) is 70.9 Å². The van der Waals surface area contributed by atoms with Crippen molar-refractivity contribution in [2.45, 2.75) is 58.8 Å². The fourth-order valence-electron chi connectivity index (χ4n) is 5.93. The molecule has 0 unspecified atom stereocenters. The van der Waals surface area contributed by atoms with Gasteiger partial charge in [-0.1, -0.05) is 56.7 Å². The second-order valence-corrected chi connectivity index (χ2v) is 13.1. The van der Waals surface area contributed by atoms with Gasteiger partial charge in [-0.2, -0.15) is 5.10 Å². The van der Waals surface area contributed by atoms with Crippen molar-refractivity contribution in [3.63, 3.8) is 0 Å². The van der Waals surface area contributed by atoms with Gasteiger partial charge in [0.2, 0.25) is 0 Å². The van der Waals surface area contributed by atoms with Crippen LogP contribution in [0.3, 0.4) is 0 Å². The summed E-state index contributed by atoms with van der Waals surface area (Å²) in [6.07, 6.45) is 3.50. The fraction of sp³-hybridized carbons (Fsp3) is 0.361. The third-order valence-corrected chi connectivity index (χ3v) is 8.61. The second kappa shape index (κ2) is 12.7. The number of nitrogens with one attached hydrogen (secondary N) is 3. The Morgan fingerprint density at radius 2 is 1.69 bits per heavy atom. The maximum Gasteiger partial charge on any atom is 0.324 e. The van der Waals surface area contributed by atoms with Crippen molar-refractivity contribution in [2.75, 3.05) is 35.6 Å². The number of nitrogens with zero attached hydrogens (tertiary/aromatic N) is 3. The van der Waals surface area contributed by atoms with Crippen LogP contribution in [0.15, 0.2) is 72.8 Å². The van der Waals surface area contributed by atoms with Gasteiger partial charge in [-0.05, 0) is 79.6 Å². The number of fused-ring (bicyclic) bond motifs is 1. The van der Waals surface area contributed by atoms with Crippen LogP contribution >= 0.6 is 0 Å². The summed E-state index contributed by atoms with van der Waals surface area (Å²) in [6, 6.07) is 23.4. The van der Waals surface area contributed by atoms with Gasteiger partial charge in [0, 0.05) is 42.4 Å². The Morgan fingerprint density at radius 3 is 2.44 bits per heavy atom. The van der Waals surface area contributed by atoms with Crippen LogP contribution in [0.25, 0.3) is 5.69 Å². The lowest BCUT2D eigenvalue weighted by molar-refractivity contribution is 0.182. The van der Waals surface area contributed by atoms with Gasteiger partial charge in [-0.15, -0.1) is 0 Å². The Balaban J connectivity index is 1.07. The fourth-order valence-corrected chi connectivity index (χ4v) is 5.93. The molecule has 4 aromatic rings. The number of hydrogen-bond donors (Lipinski definition) is 3. The van der Waals surface area contributed by atoms with Crippen molar-refractivity contribution in [3.05, 3.63) is 95.2 Å². The number of urea groups is 2. The summed E-state index contributed by atoms with van der Waals surface area (Å²) in [5, 5.41) is 14.0. The summed E-state index contributed by atoms with van der Waals surface area (Å²) in [6.45, 7) is 10.5. The Bertz CT molecular complexity index is 1680. The van der Waals surface area contributed by atoms with Crippen LogP contribution in [0.5, 0.6) is 5.75 Å². The van der Waals surface area contributed by atoms with Crippen LogP contribution in [-0.2, 0) is 18.3 Å². The molecule has 2 aliphatic rings. The van der Waals surface area contributed by atoms with Gasteiger partial charge >= 0.3 is 12.1 Å². The number of anilines is 3. The molecule has 9 nitrogen and oxygen atoms in total. The molecule has 2 aliphatic heterocycles. The van der Waals surface area contributed by atoms with E-state index in [1.54, 1.807) is 4.68 Å². The summed E-state index contributed by atoms with van der Waals surface area (Å²) in [5.41, 5.74) is 6.56. The van der Waals surface area contributed by atoms with E-state index in [4.69, 9.17) is 9.84 Å². The molecule has 1 saturated heterocycles. The van der Waals surface area contributed by atoms with Crippen molar-refractivity contribution in [2.24, 2.45) is 5.92 Å². The van der Waals surface area contributed by atoms with Gasteiger partial charge in [0.25, 0.3) is 0 Å². The minimum absolute atomic E-state index is 0.0643. The second-order valence-electron chi connectivity index (χ2n) is 13.1. The smallest absolute Gasteiger partial charge is 0.324 e. The maximum atomic E-state index is 13.3. The Labute approximate surface area is 265 Å². The highest BCUT2D eigenvalue weighted by Crippen LogP contribution is 2.30. The lowest BCUT2D eigenvalue weighted by Gasteiger charge is -2.32. The minimum atomic E-state index is -0.319. The molecule has 3 N–H and O–H groups in total. The third kappa shape index (κ3) is 7.14. The van der Waals surface area contributed by atoms with Crippen LogP contribution in [0, 0.1) is 12.8 Å². The van der Waals surface area contributed by atoms with E-state index in [-0.39, 0.29) is 17.5 Å². The molecule has 0 radical (unpaired) electrons. The number of benzene rings is 3. The van der Waals surface area contributed by atoms with Gasteiger partial charge in [0.15, 0.2) is 0 Å². The third-order valence-electron chi connectivity index (χ3n) is 8.61. The topological polar surface area (TPSA) is 101 Å². The first-order valence-corrected chi connectivity index (χ1v) is 15.8. The van der Waals surface area contributed by atoms with Crippen LogP contribution in [0.4, 0.5) is 26.8 Å². The summed E-state index contributed by atoms with van der Waals surface area (Å²) in [4.78, 5) is 28.2. The van der Waals surface area contributed by atoms with Crippen molar-refractivity contribution in [3.8, 4) is 11.4 Å². The zero-order valence-electron chi connectivity index (χ0n) is 26.5. The predicted molar refractivity (Wildman–Crippen MR) is 179 cm³/mol. The number of likely N-dealkylation sites (tertiary alicyclic amines) is 1. The van der Waals surface area contributed by atoms with Gasteiger partial charge in [0.05, 0.1) is 18.0 Å². The normalized spacial score (nSPS) is 14.9. The van der Waals surface area contributed by atoms with E-state index in [2.05, 4.69) is 42.8 Å². The lowest BCUT2D eigenvalue weighted by atomic mass is 9.89. The van der Waals surface area contributed by atoms with Crippen LogP contribution in [-0.4, -0.2) is 46.4 Å². The van der Waals surface area contributed by atoms with Crippen molar-refractivity contribution in [1.82, 2.24) is 14.7 Å². The van der Waals surface area contributed by atoms with Crippen LogP contribution < -0.4 is 20.7 Å². The van der Waals surface area contributed by atoms with E-state index in [1.807, 2.05) is 78.6 Å². The number of aromatic nitrogens is 2. The van der Waals surface area contributed by atoms with Crippen LogP contribution in [0.2, 0.25) is 0 Å². The zero-order valence-corrected chi connectivity index (χ0v) is 26.5. The van der Waals surface area contributed by atoms with E-state index in [0.29, 0.717) is 31.4 Å². The molecule has 3 heterocycles. The molecule has 0 saturated carbocycles. The predicted octanol–water partition coefficient (Wildman–Crippen LogP) is 7.54. The molecule has 9 heteroatoms. The Morgan fingerprint density at radius 1 is 0.933 bits per heavy atom. The average Bonchev–Trinajstić information content (AvgIpc) is 3.66. The molecule has 0 atom stereocenters. The lowest BCUT2D eigenvalue weighted by Crippen LogP contribution is -2.41. The number of hydrogen-bond acceptors (Lipinski definition) is 4. The van der Waals surface area contributed by atoms with Crippen molar-refractivity contribution >= 4 is 29.3 Å². The van der Waals surface area contributed by atoms with Gasteiger partial charge < -0.3 is 20.3 Å². The minimum Gasteiger partial charge on any atom is -0.493 e. The summed E-state index contributed by atoms with van der Waals surface area (Å²) in [7, 11) is 0. The molecular formula is C36H42N6O3. The number of carbonyl (C=O) groups is 2. The van der Waals surface area contributed by atoms with Gasteiger partial charge in [-0.3, -0.25) is 5.32 Å². The zero-order chi connectivity index (χ0) is 31.6. The first kappa shape index (κ1) is 30.2. The molecule has 1 fully saturated rings. The number of aryl methyl sites for hydroxylation is 1. The van der Waals surface area contributed by atoms with Gasteiger partial charge in [-0.25, -0.2) is 14.3 Å². The first-order valence-electron chi connectivity index (χ1n) is 15.8. The molecule has 1 aromatic heterocycles. The molecular weight excluding hydrogens is 564 g/mol. The van der Waals surface area contributed by atoms with E-state index >= 15 is 0 Å². The average molecular weight is 607 g/mol. The standard InChI is InChI=1S/C36H42N6O3/c1-24-9-12-29(13-10-24)42-33(23-32(40-42)36(2,3)4)39-34(43)38-30-8-6-5-7-26(30)21-25-15-18-41(19-16-25)35(44)37-28-11-14-31-27(22-28)17-20-45-31/h5-14,22-23,25H,15-21H2,1-4H3,(H,37,44)(H2,38,39,43). The number of piperidine rings is 1. The van der Waals surface area contributed by atoms with Gasteiger partial charge in [0.1, 0.15) is 11.6 Å². The van der Waals surface area contributed by atoms with E-state index in [1.165, 1.54) is 0 Å². The van der Waals surface area contributed by atoms with Crippen LogP contribution in [0.1, 0.15) is 56.0 Å². The number of ether oxygens (including phenoxy) is 1. The number of rotatable bonds is 6. The highest BCUT2D eigenvalue weighted by Gasteiger charge is 2.25. The number of para-hydroxylation sites is 1. The Hall–Kier alpha value is -4.79. The largest absolute Gasteiger partial charge is 0.493 e. The summed E-state index contributed by atoms with van der Waals surface area (Å²) >= 11 is 0. The first-order chi connectivity index (χ1) is 21.6. The maximum absolute atomic E-state index is 13.3. The molecule has 6 rings (SSSR count). The monoisotopic (exact) mass is 606 g/mol. The van der Waals surface area contributed by atoms with E-state index in [9.17, 15) is 9.59 Å². The molecule has 0 bridgehead atoms. The SMILES string of the molecule is Cc1ccc(-n2nc(C(C)(C)C)cc2NC(=O)Nc2ccccc2CC2CCN(C(=O)Nc3ccc4c(c3)CCO4)CC2)cc1. The molecule has 0 aliphatic carbocycles.